The van der Waals surface area contributed by atoms with Crippen LogP contribution in [0, 0.1) is 0 Å². The molecule has 0 fully saturated rings. The standard InChI is InChI=1S/C10H7F15O3S/c11-4(12,2-1-3-5(13,14)15)6(16,17)7(18,19)8(20,21)9(22,23)10(24,25)29(26,27)28/h1-3H2,(H,26,27,28). The van der Waals surface area contributed by atoms with E-state index in [0.717, 1.165) is 0 Å². The lowest BCUT2D eigenvalue weighted by molar-refractivity contribution is -0.417. The van der Waals surface area contributed by atoms with Gasteiger partial charge in [0.2, 0.25) is 0 Å². The Bertz CT molecular complexity index is 694. The van der Waals surface area contributed by atoms with Crippen molar-refractivity contribution in [3.05, 3.63) is 0 Å². The van der Waals surface area contributed by atoms with Crippen molar-refractivity contribution in [2.24, 2.45) is 0 Å². The van der Waals surface area contributed by atoms with Crippen LogP contribution in [0.15, 0.2) is 0 Å². The van der Waals surface area contributed by atoms with Gasteiger partial charge in [0.05, 0.1) is 0 Å². The number of rotatable bonds is 9. The third-order valence-electron chi connectivity index (χ3n) is 3.28. The molecule has 1 N–H and O–H groups in total. The first-order valence-electron chi connectivity index (χ1n) is 6.51. The highest BCUT2D eigenvalue weighted by Gasteiger charge is 2.91. The number of hydrogen-bond acceptors (Lipinski definition) is 2. The van der Waals surface area contributed by atoms with Crippen LogP contribution in [0.4, 0.5) is 65.9 Å². The van der Waals surface area contributed by atoms with Crippen LogP contribution in [0.3, 0.4) is 0 Å². The van der Waals surface area contributed by atoms with Crippen molar-refractivity contribution in [2.75, 3.05) is 0 Å². The van der Waals surface area contributed by atoms with Gasteiger partial charge in [0.1, 0.15) is 0 Å². The van der Waals surface area contributed by atoms with Crippen molar-refractivity contribution in [1.29, 1.82) is 0 Å². The zero-order valence-corrected chi connectivity index (χ0v) is 13.8. The third-order valence-corrected chi connectivity index (χ3v) is 4.19. The molecule has 0 heterocycles. The van der Waals surface area contributed by atoms with Crippen LogP contribution in [-0.2, 0) is 10.1 Å². The highest BCUT2D eigenvalue weighted by Crippen LogP contribution is 2.61. The van der Waals surface area contributed by atoms with Gasteiger partial charge in [0.15, 0.2) is 0 Å². The second kappa shape index (κ2) is 7.23. The lowest BCUT2D eigenvalue weighted by Crippen LogP contribution is -2.71. The summed E-state index contributed by atoms with van der Waals surface area (Å²) in [6.45, 7) is 0. The SMILES string of the molecule is O=S(=O)(O)C(F)(F)C(F)(F)C(F)(F)C(F)(F)C(F)(F)C(F)(F)CCCC(F)(F)F. The predicted octanol–water partition coefficient (Wildman–Crippen LogP) is 5.38. The molecule has 0 bridgehead atoms. The van der Waals surface area contributed by atoms with Gasteiger partial charge in [-0.3, -0.25) is 4.55 Å². The molecular formula is C10H7F15O3S. The smallest absolute Gasteiger partial charge is 0.281 e. The summed E-state index contributed by atoms with van der Waals surface area (Å²) in [4.78, 5) is 0. The van der Waals surface area contributed by atoms with E-state index < -0.39 is 70.4 Å². The quantitative estimate of drug-likeness (QED) is 0.348. The molecule has 0 aromatic rings. The molecule has 0 spiro atoms. The molecule has 19 heteroatoms. The maximum Gasteiger partial charge on any atom is 0.438 e. The Hall–Kier alpha value is -1.14. The molecule has 0 saturated heterocycles. The van der Waals surface area contributed by atoms with Crippen molar-refractivity contribution in [2.45, 2.75) is 60.3 Å². The number of hydrogen-bond donors (Lipinski definition) is 1. The summed E-state index contributed by atoms with van der Waals surface area (Å²) >= 11 is 0. The van der Waals surface area contributed by atoms with Crippen molar-refractivity contribution >= 4 is 10.1 Å². The minimum atomic E-state index is -8.25. The third kappa shape index (κ3) is 4.48. The molecule has 3 nitrogen and oxygen atoms in total. The van der Waals surface area contributed by atoms with E-state index in [1.54, 1.807) is 0 Å². The summed E-state index contributed by atoms with van der Waals surface area (Å²) < 4.78 is 221. The second-order valence-corrected chi connectivity index (χ2v) is 6.93. The summed E-state index contributed by atoms with van der Waals surface area (Å²) in [5.74, 6) is -38.7. The van der Waals surface area contributed by atoms with Crippen LogP contribution in [0.1, 0.15) is 19.3 Å². The van der Waals surface area contributed by atoms with Gasteiger partial charge in [0.25, 0.3) is 0 Å². The molecule has 0 rings (SSSR count). The second-order valence-electron chi connectivity index (χ2n) is 5.46. The molecule has 0 aromatic heterocycles. The summed E-state index contributed by atoms with van der Waals surface area (Å²) in [5, 5.41) is -7.56. The molecule has 29 heavy (non-hydrogen) atoms. The van der Waals surface area contributed by atoms with Crippen molar-refractivity contribution in [1.82, 2.24) is 0 Å². The zero-order chi connectivity index (χ0) is 24.1. The largest absolute Gasteiger partial charge is 0.438 e. The van der Waals surface area contributed by atoms with Crippen LogP contribution in [0.2, 0.25) is 0 Å². The van der Waals surface area contributed by atoms with Gasteiger partial charge < -0.3 is 0 Å². The molecule has 0 unspecified atom stereocenters. The Labute approximate surface area is 150 Å². The first-order chi connectivity index (χ1) is 12.2. The van der Waals surface area contributed by atoms with Gasteiger partial charge in [-0.05, 0) is 6.42 Å². The van der Waals surface area contributed by atoms with E-state index in [1.807, 2.05) is 0 Å². The van der Waals surface area contributed by atoms with E-state index >= 15 is 0 Å². The lowest BCUT2D eigenvalue weighted by Gasteiger charge is -2.40. The normalized spacial score (nSPS) is 16.3. The van der Waals surface area contributed by atoms with E-state index in [1.165, 1.54) is 0 Å². The van der Waals surface area contributed by atoms with Crippen LogP contribution in [0.5, 0.6) is 0 Å². The van der Waals surface area contributed by atoms with E-state index in [9.17, 15) is 74.3 Å². The summed E-state index contributed by atoms with van der Waals surface area (Å²) in [7, 11) is -7.67. The lowest BCUT2D eigenvalue weighted by atomic mass is 9.92. The Balaban J connectivity index is 6.22. The van der Waals surface area contributed by atoms with Crippen molar-refractivity contribution < 1.29 is 78.8 Å². The fraction of sp³-hybridized carbons (Fsp3) is 1.00. The summed E-state index contributed by atoms with van der Waals surface area (Å²) in [6, 6.07) is 0. The average Bonchev–Trinajstić information content (AvgIpc) is 2.43. The minimum Gasteiger partial charge on any atom is -0.281 e. The molecule has 0 aliphatic carbocycles. The Morgan fingerprint density at radius 1 is 0.552 bits per heavy atom. The maximum atomic E-state index is 13.3. The monoisotopic (exact) mass is 492 g/mol. The van der Waals surface area contributed by atoms with Gasteiger partial charge in [-0.1, -0.05) is 0 Å². The fourth-order valence-corrected chi connectivity index (χ4v) is 2.09. The Kier molecular flexibility index (Phi) is 6.94. The minimum absolute atomic E-state index is 2.09. The van der Waals surface area contributed by atoms with Crippen molar-refractivity contribution in [3.63, 3.8) is 0 Å². The first kappa shape index (κ1) is 27.9. The van der Waals surface area contributed by atoms with Gasteiger partial charge in [-0.25, -0.2) is 0 Å². The van der Waals surface area contributed by atoms with Crippen LogP contribution in [-0.4, -0.2) is 54.0 Å². The summed E-state index contributed by atoms with van der Waals surface area (Å²) in [6.07, 6.45) is -12.6. The fourth-order valence-electron chi connectivity index (χ4n) is 1.64. The molecule has 0 amide bonds. The van der Waals surface area contributed by atoms with Gasteiger partial charge >= 0.3 is 51.2 Å². The molecule has 0 aromatic carbocycles. The van der Waals surface area contributed by atoms with Gasteiger partial charge in [0, 0.05) is 12.8 Å². The first-order valence-corrected chi connectivity index (χ1v) is 7.95. The molecule has 0 atom stereocenters. The zero-order valence-electron chi connectivity index (χ0n) is 13.0. The number of halogens is 15. The summed E-state index contributed by atoms with van der Waals surface area (Å²) in [5.41, 5.74) is 0. The van der Waals surface area contributed by atoms with E-state index in [0.29, 0.717) is 0 Å². The highest BCUT2D eigenvalue weighted by atomic mass is 32.2. The topological polar surface area (TPSA) is 54.4 Å². The van der Waals surface area contributed by atoms with Crippen LogP contribution < -0.4 is 0 Å². The Morgan fingerprint density at radius 2 is 0.897 bits per heavy atom. The molecule has 176 valence electrons. The van der Waals surface area contributed by atoms with E-state index in [-0.39, 0.29) is 0 Å². The highest BCUT2D eigenvalue weighted by molar-refractivity contribution is 7.87. The number of alkyl halides is 15. The molecule has 0 aliphatic rings. The maximum absolute atomic E-state index is 13.3. The van der Waals surface area contributed by atoms with Gasteiger partial charge in [-0.15, -0.1) is 0 Å². The molecular weight excluding hydrogens is 485 g/mol. The Morgan fingerprint density at radius 3 is 1.21 bits per heavy atom. The predicted molar refractivity (Wildman–Crippen MR) is 61.1 cm³/mol. The van der Waals surface area contributed by atoms with Crippen LogP contribution in [0.25, 0.3) is 0 Å². The average molecular weight is 492 g/mol. The van der Waals surface area contributed by atoms with E-state index in [4.69, 9.17) is 4.55 Å². The van der Waals surface area contributed by atoms with Gasteiger partial charge in [-0.2, -0.15) is 74.3 Å². The van der Waals surface area contributed by atoms with E-state index in [2.05, 4.69) is 0 Å². The molecule has 0 saturated carbocycles. The van der Waals surface area contributed by atoms with Crippen molar-refractivity contribution in [3.8, 4) is 0 Å². The molecule has 0 aliphatic heterocycles. The van der Waals surface area contributed by atoms with Crippen LogP contribution >= 0.6 is 0 Å². The molecule has 0 radical (unpaired) electrons.